The zero-order valence-electron chi connectivity index (χ0n) is 17.2. The van der Waals surface area contributed by atoms with Crippen LogP contribution in [-0.4, -0.2) is 42.5 Å². The van der Waals surface area contributed by atoms with Gasteiger partial charge in [0, 0.05) is 42.4 Å². The summed E-state index contributed by atoms with van der Waals surface area (Å²) < 4.78 is 31.0. The van der Waals surface area contributed by atoms with Crippen molar-refractivity contribution < 1.29 is 13.2 Å². The van der Waals surface area contributed by atoms with Crippen molar-refractivity contribution in [3.8, 4) is 11.4 Å². The fraction of sp³-hybridized carbons (Fsp3) is 0.348. The molecule has 0 unspecified atom stereocenters. The smallest absolute Gasteiger partial charge is 0.175 e. The highest BCUT2D eigenvalue weighted by Crippen LogP contribution is 2.45. The van der Waals surface area contributed by atoms with E-state index in [2.05, 4.69) is 22.1 Å². The number of nitrogens with zero attached hydrogens (tertiary/aromatic N) is 3. The number of para-hydroxylation sites is 1. The Kier molecular flexibility index (Phi) is 4.67. The lowest BCUT2D eigenvalue weighted by Gasteiger charge is -2.35. The fourth-order valence-corrected chi connectivity index (χ4v) is 5.54. The molecule has 0 radical (unpaired) electrons. The largest absolute Gasteiger partial charge is 0.496 e. The molecule has 1 saturated heterocycles. The Morgan fingerprint density at radius 1 is 1.10 bits per heavy atom. The van der Waals surface area contributed by atoms with E-state index in [-0.39, 0.29) is 0 Å². The number of methoxy groups -OCH3 is 1. The monoisotopic (exact) mass is 423 g/mol. The maximum absolute atomic E-state index is 11.8. The third-order valence-corrected chi connectivity index (χ3v) is 7.52. The summed E-state index contributed by atoms with van der Waals surface area (Å²) >= 11 is 0. The lowest BCUT2D eigenvalue weighted by Crippen LogP contribution is -2.37. The van der Waals surface area contributed by atoms with Crippen LogP contribution >= 0.6 is 0 Å². The van der Waals surface area contributed by atoms with Crippen molar-refractivity contribution in [1.29, 1.82) is 0 Å². The van der Waals surface area contributed by atoms with Crippen LogP contribution in [0.5, 0.6) is 5.75 Å². The van der Waals surface area contributed by atoms with Gasteiger partial charge >= 0.3 is 0 Å². The summed E-state index contributed by atoms with van der Waals surface area (Å²) in [6.45, 7) is 0.868. The van der Waals surface area contributed by atoms with Gasteiger partial charge in [-0.05, 0) is 43.2 Å². The highest BCUT2D eigenvalue weighted by atomic mass is 32.2. The van der Waals surface area contributed by atoms with Crippen LogP contribution in [0.2, 0.25) is 0 Å². The van der Waals surface area contributed by atoms with E-state index in [4.69, 9.17) is 4.74 Å². The Morgan fingerprint density at radius 3 is 2.60 bits per heavy atom. The molecule has 2 bridgehead atoms. The fourth-order valence-electron chi connectivity index (χ4n) is 4.91. The summed E-state index contributed by atoms with van der Waals surface area (Å²) in [6, 6.07) is 16.0. The van der Waals surface area contributed by atoms with E-state index >= 15 is 0 Å². The Bertz CT molecular complexity index is 1180. The Morgan fingerprint density at radius 2 is 1.87 bits per heavy atom. The topological polar surface area (TPSA) is 64.4 Å². The number of hydrogen-bond acceptors (Lipinski definition) is 5. The lowest BCUT2D eigenvalue weighted by atomic mass is 9.99. The van der Waals surface area contributed by atoms with Gasteiger partial charge in [-0.3, -0.25) is 4.90 Å². The van der Waals surface area contributed by atoms with Crippen LogP contribution < -0.4 is 4.74 Å². The Balaban J connectivity index is 1.45. The van der Waals surface area contributed by atoms with Crippen LogP contribution in [0.25, 0.3) is 5.69 Å². The molecule has 0 saturated carbocycles. The molecule has 0 spiro atoms. The maximum Gasteiger partial charge on any atom is 0.175 e. The van der Waals surface area contributed by atoms with E-state index in [0.717, 1.165) is 30.8 Å². The van der Waals surface area contributed by atoms with Crippen molar-refractivity contribution in [2.24, 2.45) is 0 Å². The predicted octanol–water partition coefficient (Wildman–Crippen LogP) is 3.55. The van der Waals surface area contributed by atoms with Gasteiger partial charge in [0.1, 0.15) is 5.75 Å². The van der Waals surface area contributed by atoms with Gasteiger partial charge in [-0.1, -0.05) is 18.2 Å². The highest BCUT2D eigenvalue weighted by molar-refractivity contribution is 7.90. The molecule has 1 aromatic heterocycles. The van der Waals surface area contributed by atoms with Crippen LogP contribution in [0.4, 0.5) is 0 Å². The third kappa shape index (κ3) is 3.22. The molecule has 2 aromatic carbocycles. The van der Waals surface area contributed by atoms with Crippen molar-refractivity contribution in [2.45, 2.75) is 42.8 Å². The number of sulfone groups is 1. The molecule has 3 heterocycles. The third-order valence-electron chi connectivity index (χ3n) is 6.39. The number of aromatic nitrogens is 2. The lowest BCUT2D eigenvalue weighted by molar-refractivity contribution is 0.165. The second-order valence-electron chi connectivity index (χ2n) is 8.16. The Hall–Kier alpha value is -2.64. The molecule has 30 heavy (non-hydrogen) atoms. The molecule has 1 fully saturated rings. The average molecular weight is 424 g/mol. The molecule has 2 atom stereocenters. The molecule has 6 nitrogen and oxygen atoms in total. The van der Waals surface area contributed by atoms with Crippen molar-refractivity contribution in [2.75, 3.05) is 13.4 Å². The van der Waals surface area contributed by atoms with Gasteiger partial charge in [0.2, 0.25) is 0 Å². The normalized spacial score (nSPS) is 20.9. The summed E-state index contributed by atoms with van der Waals surface area (Å²) in [4.78, 5) is 2.91. The number of fused-ring (bicyclic) bond motifs is 4. The molecule has 0 amide bonds. The van der Waals surface area contributed by atoms with Crippen molar-refractivity contribution in [3.05, 3.63) is 71.5 Å². The van der Waals surface area contributed by atoms with Crippen LogP contribution in [0.1, 0.15) is 35.7 Å². The molecular formula is C23H25N3O3S. The van der Waals surface area contributed by atoms with Crippen LogP contribution in [0, 0.1) is 0 Å². The van der Waals surface area contributed by atoms with Crippen LogP contribution in [0.15, 0.2) is 59.6 Å². The second-order valence-corrected chi connectivity index (χ2v) is 10.2. The molecule has 7 heteroatoms. The number of benzene rings is 2. The summed E-state index contributed by atoms with van der Waals surface area (Å²) in [6.07, 6.45) is 6.45. The zero-order valence-corrected chi connectivity index (χ0v) is 18.0. The molecular weight excluding hydrogens is 398 g/mol. The molecule has 0 N–H and O–H groups in total. The summed E-state index contributed by atoms with van der Waals surface area (Å²) in [5.41, 5.74) is 4.64. The van der Waals surface area contributed by atoms with E-state index in [1.54, 1.807) is 19.2 Å². The van der Waals surface area contributed by atoms with Crippen molar-refractivity contribution >= 4 is 9.84 Å². The molecule has 2 aliphatic heterocycles. The number of rotatable bonds is 5. The van der Waals surface area contributed by atoms with Gasteiger partial charge < -0.3 is 4.74 Å². The van der Waals surface area contributed by atoms with Gasteiger partial charge in [-0.15, -0.1) is 0 Å². The SMILES string of the molecule is COc1ccccc1CN1[C@H]2CC[C@H]1c1cnn(-c3ccc(S(C)(=O)=O)cc3)c1C2. The first-order valence-corrected chi connectivity index (χ1v) is 12.1. The molecule has 0 aliphatic carbocycles. The van der Waals surface area contributed by atoms with Crippen LogP contribution in [-0.2, 0) is 22.8 Å². The van der Waals surface area contributed by atoms with E-state index in [1.165, 1.54) is 29.5 Å². The first-order valence-electron chi connectivity index (χ1n) is 10.2. The minimum atomic E-state index is -3.20. The quantitative estimate of drug-likeness (QED) is 0.628. The van der Waals surface area contributed by atoms with Crippen molar-refractivity contribution in [3.63, 3.8) is 0 Å². The minimum absolute atomic E-state index is 0.329. The zero-order chi connectivity index (χ0) is 20.9. The first-order chi connectivity index (χ1) is 14.5. The maximum atomic E-state index is 11.8. The van der Waals surface area contributed by atoms with Gasteiger partial charge in [0.15, 0.2) is 9.84 Å². The summed E-state index contributed by atoms with van der Waals surface area (Å²) in [7, 11) is -1.48. The van der Waals surface area contributed by atoms with Crippen molar-refractivity contribution in [1.82, 2.24) is 14.7 Å². The molecule has 2 aliphatic rings. The predicted molar refractivity (Wildman–Crippen MR) is 115 cm³/mol. The minimum Gasteiger partial charge on any atom is -0.496 e. The van der Waals surface area contributed by atoms with Gasteiger partial charge in [0.05, 0.1) is 29.6 Å². The average Bonchev–Trinajstić information content (AvgIpc) is 3.28. The van der Waals surface area contributed by atoms with Gasteiger partial charge in [-0.25, -0.2) is 13.1 Å². The van der Waals surface area contributed by atoms with Gasteiger partial charge in [-0.2, -0.15) is 5.10 Å². The molecule has 3 aromatic rings. The van der Waals surface area contributed by atoms with E-state index in [1.807, 2.05) is 35.1 Å². The second kappa shape index (κ2) is 7.25. The van der Waals surface area contributed by atoms with Gasteiger partial charge in [0.25, 0.3) is 0 Å². The standard InChI is InChI=1S/C23H25N3O3S/c1-29-23-6-4-3-5-16(23)15-25-18-9-12-21(25)20-14-24-26(22(20)13-18)17-7-10-19(11-8-17)30(2,27)28/h3-8,10-11,14,18,21H,9,12-13,15H2,1-2H3/t18-,21-/m0/s1. The van der Waals surface area contributed by atoms with E-state index in [9.17, 15) is 8.42 Å². The molecule has 5 rings (SSSR count). The van der Waals surface area contributed by atoms with E-state index < -0.39 is 9.84 Å². The first kappa shape index (κ1) is 19.3. The summed E-state index contributed by atoms with van der Waals surface area (Å²) in [5.74, 6) is 0.935. The Labute approximate surface area is 177 Å². The van der Waals surface area contributed by atoms with Crippen LogP contribution in [0.3, 0.4) is 0 Å². The number of hydrogen-bond donors (Lipinski definition) is 0. The molecule has 156 valence electrons. The van der Waals surface area contributed by atoms with E-state index in [0.29, 0.717) is 17.0 Å². The summed E-state index contributed by atoms with van der Waals surface area (Å²) in [5, 5.41) is 4.67. The number of ether oxygens (including phenoxy) is 1. The highest BCUT2D eigenvalue weighted by Gasteiger charge is 2.42.